The fourth-order valence-electron chi connectivity index (χ4n) is 6.76. The number of piperidine rings is 2. The van der Waals surface area contributed by atoms with E-state index in [-0.39, 0.29) is 5.91 Å². The monoisotopic (exact) mass is 547 g/mol. The molecule has 0 bridgehead atoms. The van der Waals surface area contributed by atoms with Crippen LogP contribution in [0.15, 0.2) is 49.1 Å². The molecule has 208 valence electrons. The fraction of sp³-hybridized carbons (Fsp3) is 0.567. The summed E-state index contributed by atoms with van der Waals surface area (Å²) in [5.74, 6) is 4.68. The predicted octanol–water partition coefficient (Wildman–Crippen LogP) is 4.55. The average Bonchev–Trinajstić information content (AvgIpc) is 3.69. The zero-order valence-electron chi connectivity index (χ0n) is 22.9. The molecule has 1 aromatic carbocycles. The first-order valence-electron chi connectivity index (χ1n) is 14.5. The second kappa shape index (κ2) is 12.3. The highest BCUT2D eigenvalue weighted by Crippen LogP contribution is 2.41. The average molecular weight is 548 g/mol. The number of imidazole rings is 2. The van der Waals surface area contributed by atoms with Crippen molar-refractivity contribution in [1.82, 2.24) is 34.6 Å². The van der Waals surface area contributed by atoms with Crippen molar-refractivity contribution in [2.24, 2.45) is 5.41 Å². The van der Waals surface area contributed by atoms with Gasteiger partial charge < -0.3 is 19.8 Å². The molecular weight excluding hydrogens is 506 g/mol. The molecule has 0 atom stereocenters. The number of likely N-dealkylation sites (tertiary alicyclic amines) is 2. The minimum absolute atomic E-state index is 0.190. The third-order valence-electron chi connectivity index (χ3n) is 8.98. The molecule has 3 aliphatic rings. The van der Waals surface area contributed by atoms with E-state index in [0.717, 1.165) is 49.3 Å². The van der Waals surface area contributed by atoms with E-state index in [9.17, 15) is 4.79 Å². The summed E-state index contributed by atoms with van der Waals surface area (Å²) in [5.41, 5.74) is 2.29. The number of nitrogens with one attached hydrogen (secondary N) is 2. The van der Waals surface area contributed by atoms with Crippen LogP contribution in [0.4, 0.5) is 0 Å². The van der Waals surface area contributed by atoms with Crippen molar-refractivity contribution in [3.8, 4) is 0 Å². The van der Waals surface area contributed by atoms with Gasteiger partial charge in [0.2, 0.25) is 0 Å². The van der Waals surface area contributed by atoms with Gasteiger partial charge in [0.15, 0.2) is 0 Å². The molecule has 0 unspecified atom stereocenters. The second-order valence-electron chi connectivity index (χ2n) is 11.6. The zero-order chi connectivity index (χ0) is 26.5. The summed E-state index contributed by atoms with van der Waals surface area (Å²) in [7, 11) is 0. The molecular formula is C30H41N7OS. The van der Waals surface area contributed by atoms with Gasteiger partial charge in [0, 0.05) is 56.0 Å². The van der Waals surface area contributed by atoms with Gasteiger partial charge in [-0.1, -0.05) is 12.1 Å². The van der Waals surface area contributed by atoms with Crippen LogP contribution >= 0.6 is 11.8 Å². The van der Waals surface area contributed by atoms with E-state index in [0.29, 0.717) is 18.5 Å². The molecule has 2 N–H and O–H groups in total. The van der Waals surface area contributed by atoms with Gasteiger partial charge in [0.25, 0.3) is 5.91 Å². The van der Waals surface area contributed by atoms with Gasteiger partial charge in [0.05, 0.1) is 13.1 Å². The van der Waals surface area contributed by atoms with Gasteiger partial charge in [-0.15, -0.1) is 0 Å². The maximum absolute atomic E-state index is 13.6. The number of hydrogen-bond donors (Lipinski definition) is 2. The zero-order valence-corrected chi connectivity index (χ0v) is 23.7. The number of thioether (sulfide) groups is 1. The Hall–Kier alpha value is -2.62. The Morgan fingerprint density at radius 3 is 2.21 bits per heavy atom. The molecule has 9 heteroatoms. The van der Waals surface area contributed by atoms with E-state index in [1.165, 1.54) is 62.3 Å². The third-order valence-corrected chi connectivity index (χ3v) is 10.0. The number of benzene rings is 1. The standard InChI is InChI=1S/C30H41N7OS/c38-29(37-15-1-8-30(23-37)9-16-36(17-10-30)26-6-18-39-19-7-26)25-4-2-24(3-5-25)20-35(21-27-31-11-12-32-27)22-28-33-13-14-34-28/h2-5,11-14,26H,1,6-10,15-23H2,(H,31,32)(H,33,34). The van der Waals surface area contributed by atoms with E-state index >= 15 is 0 Å². The number of rotatable bonds is 8. The number of nitrogens with zero attached hydrogens (tertiary/aromatic N) is 5. The molecule has 1 amide bonds. The summed E-state index contributed by atoms with van der Waals surface area (Å²) < 4.78 is 0. The Morgan fingerprint density at radius 2 is 1.59 bits per heavy atom. The summed E-state index contributed by atoms with van der Waals surface area (Å²) in [6, 6.07) is 9.02. The van der Waals surface area contributed by atoms with E-state index in [1.54, 1.807) is 12.4 Å². The molecule has 0 aliphatic carbocycles. The number of carbonyl (C=O) groups excluding carboxylic acids is 1. The van der Waals surface area contributed by atoms with Crippen LogP contribution in [0, 0.1) is 5.41 Å². The summed E-state index contributed by atoms with van der Waals surface area (Å²) in [4.78, 5) is 36.0. The molecule has 0 saturated carbocycles. The second-order valence-corrected chi connectivity index (χ2v) is 12.8. The SMILES string of the molecule is O=C(c1ccc(CN(Cc2ncc[nH]2)Cc2ncc[nH]2)cc1)N1CCCC2(CCN(C3CCSCC3)CC2)C1. The molecule has 3 fully saturated rings. The number of carbonyl (C=O) groups is 1. The molecule has 3 saturated heterocycles. The summed E-state index contributed by atoms with van der Waals surface area (Å²) in [6.45, 7) is 6.35. The first-order chi connectivity index (χ1) is 19.2. The molecule has 0 radical (unpaired) electrons. The van der Waals surface area contributed by atoms with E-state index in [1.807, 2.05) is 24.5 Å². The first-order valence-corrected chi connectivity index (χ1v) is 15.7. The predicted molar refractivity (Wildman–Crippen MR) is 155 cm³/mol. The van der Waals surface area contributed by atoms with Crippen molar-refractivity contribution in [3.05, 3.63) is 71.8 Å². The van der Waals surface area contributed by atoms with Crippen LogP contribution in [-0.2, 0) is 19.6 Å². The number of amides is 1. The molecule has 8 nitrogen and oxygen atoms in total. The van der Waals surface area contributed by atoms with Gasteiger partial charge in [-0.2, -0.15) is 11.8 Å². The van der Waals surface area contributed by atoms with E-state index < -0.39 is 0 Å². The summed E-state index contributed by atoms with van der Waals surface area (Å²) in [5, 5.41) is 0. The van der Waals surface area contributed by atoms with Crippen molar-refractivity contribution in [2.75, 3.05) is 37.7 Å². The topological polar surface area (TPSA) is 84.1 Å². The Morgan fingerprint density at radius 1 is 0.923 bits per heavy atom. The molecule has 3 aromatic rings. The normalized spacial score (nSPS) is 20.6. The Labute approximate surface area is 236 Å². The van der Waals surface area contributed by atoms with Crippen LogP contribution in [0.2, 0.25) is 0 Å². The highest BCUT2D eigenvalue weighted by molar-refractivity contribution is 7.99. The van der Waals surface area contributed by atoms with Crippen LogP contribution < -0.4 is 0 Å². The lowest BCUT2D eigenvalue weighted by molar-refractivity contribution is 0.0102. The molecule has 1 spiro atoms. The van der Waals surface area contributed by atoms with Gasteiger partial charge in [-0.05, 0) is 86.2 Å². The van der Waals surface area contributed by atoms with Gasteiger partial charge in [0.1, 0.15) is 11.6 Å². The minimum Gasteiger partial charge on any atom is -0.348 e. The lowest BCUT2D eigenvalue weighted by atomic mass is 9.72. The molecule has 6 rings (SSSR count). The molecule has 5 heterocycles. The quantitative estimate of drug-likeness (QED) is 0.431. The van der Waals surface area contributed by atoms with Crippen LogP contribution in [-0.4, -0.2) is 84.3 Å². The molecule has 2 aromatic heterocycles. The fourth-order valence-corrected chi connectivity index (χ4v) is 7.84. The van der Waals surface area contributed by atoms with Crippen molar-refractivity contribution < 1.29 is 4.79 Å². The van der Waals surface area contributed by atoms with Crippen LogP contribution in [0.5, 0.6) is 0 Å². The van der Waals surface area contributed by atoms with Crippen molar-refractivity contribution in [1.29, 1.82) is 0 Å². The number of hydrogen-bond acceptors (Lipinski definition) is 6. The van der Waals surface area contributed by atoms with E-state index in [2.05, 4.69) is 58.5 Å². The highest BCUT2D eigenvalue weighted by atomic mass is 32.2. The van der Waals surface area contributed by atoms with Crippen molar-refractivity contribution in [3.63, 3.8) is 0 Å². The summed E-state index contributed by atoms with van der Waals surface area (Å²) in [6.07, 6.45) is 14.8. The summed E-state index contributed by atoms with van der Waals surface area (Å²) >= 11 is 2.11. The third kappa shape index (κ3) is 6.58. The smallest absolute Gasteiger partial charge is 0.253 e. The minimum atomic E-state index is 0.190. The number of aromatic nitrogens is 4. The molecule has 39 heavy (non-hydrogen) atoms. The highest BCUT2D eigenvalue weighted by Gasteiger charge is 2.41. The Balaban J connectivity index is 1.06. The van der Waals surface area contributed by atoms with Crippen LogP contribution in [0.1, 0.15) is 66.1 Å². The van der Waals surface area contributed by atoms with Crippen LogP contribution in [0.3, 0.4) is 0 Å². The maximum atomic E-state index is 13.6. The molecule has 3 aliphatic heterocycles. The first kappa shape index (κ1) is 26.6. The van der Waals surface area contributed by atoms with Crippen molar-refractivity contribution in [2.45, 2.75) is 64.2 Å². The lowest BCUT2D eigenvalue weighted by Crippen LogP contribution is -2.53. The Kier molecular flexibility index (Phi) is 8.37. The van der Waals surface area contributed by atoms with Gasteiger partial charge >= 0.3 is 0 Å². The lowest BCUT2D eigenvalue weighted by Gasteiger charge is -2.49. The number of H-pyrrole nitrogens is 2. The van der Waals surface area contributed by atoms with Crippen molar-refractivity contribution >= 4 is 17.7 Å². The number of aromatic amines is 2. The largest absolute Gasteiger partial charge is 0.348 e. The van der Waals surface area contributed by atoms with Gasteiger partial charge in [-0.3, -0.25) is 9.69 Å². The Bertz CT molecular complexity index is 1130. The maximum Gasteiger partial charge on any atom is 0.253 e. The van der Waals surface area contributed by atoms with Crippen LogP contribution in [0.25, 0.3) is 0 Å². The van der Waals surface area contributed by atoms with Gasteiger partial charge in [-0.25, -0.2) is 9.97 Å². The van der Waals surface area contributed by atoms with E-state index in [4.69, 9.17) is 0 Å².